The number of fused-ring (bicyclic) bond motifs is 1. The largest absolute Gasteiger partial charge is 0.327 e. The van der Waals surface area contributed by atoms with Crippen LogP contribution in [0.1, 0.15) is 11.4 Å². The summed E-state index contributed by atoms with van der Waals surface area (Å²) in [4.78, 5) is 18.5. The first kappa shape index (κ1) is 21.0. The van der Waals surface area contributed by atoms with E-state index in [9.17, 15) is 10.1 Å². The number of nitro groups is 1. The van der Waals surface area contributed by atoms with Gasteiger partial charge in [0.05, 0.1) is 22.5 Å². The molecule has 0 radical (unpaired) electrons. The molecule has 4 rings (SSSR count). The summed E-state index contributed by atoms with van der Waals surface area (Å²) in [5, 5.41) is 11.0. The Bertz CT molecular complexity index is 1100. The fourth-order valence-electron chi connectivity index (χ4n) is 4.14. The summed E-state index contributed by atoms with van der Waals surface area (Å²) in [7, 11) is 1.88. The summed E-state index contributed by atoms with van der Waals surface area (Å²) in [6.45, 7) is 6.95. The molecule has 0 spiro atoms. The van der Waals surface area contributed by atoms with Crippen LogP contribution in [-0.4, -0.2) is 47.2 Å². The third-order valence-corrected chi connectivity index (χ3v) is 5.97. The minimum Gasteiger partial charge on any atom is -0.327 e. The van der Waals surface area contributed by atoms with Crippen LogP contribution in [0.3, 0.4) is 0 Å². The fraction of sp³-hybridized carbons (Fsp3) is 0.292. The van der Waals surface area contributed by atoms with E-state index < -0.39 is 0 Å². The van der Waals surface area contributed by atoms with Crippen molar-refractivity contribution in [3.8, 4) is 0 Å². The lowest BCUT2D eigenvalue weighted by Crippen LogP contribution is -3.27. The number of rotatable bonds is 7. The van der Waals surface area contributed by atoms with Crippen LogP contribution in [-0.2, 0) is 13.6 Å². The number of nitro benzene ring substituents is 1. The molecule has 2 heterocycles. The van der Waals surface area contributed by atoms with Crippen LogP contribution in [0, 0.1) is 10.1 Å². The Morgan fingerprint density at radius 3 is 2.55 bits per heavy atom. The van der Waals surface area contributed by atoms with Crippen molar-refractivity contribution < 1.29 is 14.7 Å². The molecule has 1 aromatic heterocycles. The first-order valence-corrected chi connectivity index (χ1v) is 10.8. The monoisotopic (exact) mass is 419 g/mol. The molecule has 1 saturated heterocycles. The Kier molecular flexibility index (Phi) is 6.54. The van der Waals surface area contributed by atoms with Crippen LogP contribution >= 0.6 is 0 Å². The molecule has 3 aromatic rings. The Morgan fingerprint density at radius 2 is 1.81 bits per heavy atom. The zero-order chi connectivity index (χ0) is 21.6. The summed E-state index contributed by atoms with van der Waals surface area (Å²) < 4.78 is 1.88. The number of piperazine rings is 1. The highest BCUT2D eigenvalue weighted by Gasteiger charge is 2.21. The second kappa shape index (κ2) is 9.68. The first-order valence-electron chi connectivity index (χ1n) is 10.8. The van der Waals surface area contributed by atoms with Gasteiger partial charge in [-0.3, -0.25) is 10.1 Å². The Balaban J connectivity index is 1.27. The number of quaternary nitrogens is 2. The molecule has 0 amide bonds. The number of imidazole rings is 1. The SMILES string of the molecule is Cn1c(/C=C/C=C/C[NH+]2CC[NH+](Cc3ccccc3)CC2)nc2ccc([N+](=O)[O-])cc21. The van der Waals surface area contributed by atoms with E-state index in [4.69, 9.17) is 0 Å². The van der Waals surface area contributed by atoms with Crippen LogP contribution < -0.4 is 9.80 Å². The molecule has 2 N–H and O–H groups in total. The van der Waals surface area contributed by atoms with E-state index >= 15 is 0 Å². The van der Waals surface area contributed by atoms with Gasteiger partial charge in [-0.1, -0.05) is 42.5 Å². The van der Waals surface area contributed by atoms with E-state index in [0.29, 0.717) is 0 Å². The van der Waals surface area contributed by atoms with E-state index in [1.807, 2.05) is 23.8 Å². The number of nitrogens with zero attached hydrogens (tertiary/aromatic N) is 3. The van der Waals surface area contributed by atoms with Crippen molar-refractivity contribution in [1.29, 1.82) is 0 Å². The highest BCUT2D eigenvalue weighted by Crippen LogP contribution is 2.21. The zero-order valence-electron chi connectivity index (χ0n) is 17.8. The summed E-state index contributed by atoms with van der Waals surface area (Å²) in [6, 6.07) is 15.5. The summed E-state index contributed by atoms with van der Waals surface area (Å²) in [6.07, 6.45) is 8.21. The average molecular weight is 420 g/mol. The van der Waals surface area contributed by atoms with Crippen molar-refractivity contribution in [1.82, 2.24) is 9.55 Å². The Labute approximate surface area is 182 Å². The van der Waals surface area contributed by atoms with Gasteiger partial charge in [-0.15, -0.1) is 0 Å². The van der Waals surface area contributed by atoms with E-state index in [1.54, 1.807) is 21.9 Å². The number of aryl methyl sites for hydroxylation is 1. The molecule has 1 aliphatic rings. The summed E-state index contributed by atoms with van der Waals surface area (Å²) in [5.41, 5.74) is 3.03. The van der Waals surface area contributed by atoms with Crippen LogP contribution in [0.15, 0.2) is 66.8 Å². The van der Waals surface area contributed by atoms with Gasteiger partial charge in [0, 0.05) is 24.7 Å². The molecule has 0 unspecified atom stereocenters. The molecule has 1 fully saturated rings. The predicted molar refractivity (Wildman–Crippen MR) is 122 cm³/mol. The van der Waals surface area contributed by atoms with Crippen LogP contribution in [0.4, 0.5) is 5.69 Å². The van der Waals surface area contributed by atoms with E-state index in [0.717, 1.165) is 29.9 Å². The smallest absolute Gasteiger partial charge is 0.271 e. The number of benzene rings is 2. The lowest BCUT2D eigenvalue weighted by atomic mass is 10.2. The molecule has 0 aliphatic carbocycles. The van der Waals surface area contributed by atoms with Gasteiger partial charge in [-0.25, -0.2) is 4.98 Å². The number of allylic oxidation sites excluding steroid dienone is 2. The highest BCUT2D eigenvalue weighted by molar-refractivity contribution is 5.80. The van der Waals surface area contributed by atoms with Crippen molar-refractivity contribution in [2.75, 3.05) is 32.7 Å². The number of hydrogen-bond acceptors (Lipinski definition) is 3. The molecule has 160 valence electrons. The van der Waals surface area contributed by atoms with Crippen molar-refractivity contribution in [3.63, 3.8) is 0 Å². The molecule has 0 bridgehead atoms. The quantitative estimate of drug-likeness (QED) is 0.342. The second-order valence-corrected chi connectivity index (χ2v) is 8.11. The molecular formula is C24H29N5O2+2. The Hall–Kier alpha value is -3.29. The topological polar surface area (TPSA) is 69.8 Å². The maximum atomic E-state index is 11.0. The zero-order valence-corrected chi connectivity index (χ0v) is 17.8. The van der Waals surface area contributed by atoms with Gasteiger partial charge in [-0.05, 0) is 18.2 Å². The van der Waals surface area contributed by atoms with Crippen molar-refractivity contribution >= 4 is 22.8 Å². The number of aromatic nitrogens is 2. The standard InChI is InChI=1S/C24H27N5O2/c1-26-23-18-21(29(30)31)11-12-22(23)25-24(26)10-6-3-7-13-27-14-16-28(17-15-27)19-20-8-4-2-5-9-20/h2-12,18H,13-17,19H2,1H3/p+2/b7-3+,10-6+. The van der Waals surface area contributed by atoms with Crippen LogP contribution in [0.2, 0.25) is 0 Å². The van der Waals surface area contributed by atoms with Gasteiger partial charge < -0.3 is 14.4 Å². The van der Waals surface area contributed by atoms with Crippen LogP contribution in [0.25, 0.3) is 17.1 Å². The summed E-state index contributed by atoms with van der Waals surface area (Å²) in [5.74, 6) is 0.783. The van der Waals surface area contributed by atoms with Crippen LogP contribution in [0.5, 0.6) is 0 Å². The normalized spacial score (nSPS) is 19.5. The molecule has 7 nitrogen and oxygen atoms in total. The van der Waals surface area contributed by atoms with Gasteiger partial charge in [0.25, 0.3) is 5.69 Å². The number of non-ortho nitro benzene ring substituents is 1. The molecule has 31 heavy (non-hydrogen) atoms. The van der Waals surface area contributed by atoms with E-state index in [2.05, 4.69) is 47.5 Å². The van der Waals surface area contributed by atoms with Gasteiger partial charge >= 0.3 is 0 Å². The lowest BCUT2D eigenvalue weighted by Gasteiger charge is -2.29. The number of hydrogen-bond donors (Lipinski definition) is 2. The minimum atomic E-state index is -0.379. The number of nitrogens with one attached hydrogen (secondary N) is 2. The lowest BCUT2D eigenvalue weighted by molar-refractivity contribution is -1.02. The molecule has 1 aliphatic heterocycles. The molecular weight excluding hydrogens is 390 g/mol. The third kappa shape index (κ3) is 5.25. The van der Waals surface area contributed by atoms with E-state index in [-0.39, 0.29) is 10.6 Å². The average Bonchev–Trinajstić information content (AvgIpc) is 3.10. The molecule has 2 aromatic carbocycles. The molecule has 0 atom stereocenters. The minimum absolute atomic E-state index is 0.0830. The van der Waals surface area contributed by atoms with Gasteiger partial charge in [0.2, 0.25) is 0 Å². The van der Waals surface area contributed by atoms with Crippen molar-refractivity contribution in [2.24, 2.45) is 7.05 Å². The first-order chi connectivity index (χ1) is 15.1. The van der Waals surface area contributed by atoms with Crippen molar-refractivity contribution in [2.45, 2.75) is 6.54 Å². The maximum Gasteiger partial charge on any atom is 0.271 e. The fourth-order valence-corrected chi connectivity index (χ4v) is 4.14. The Morgan fingerprint density at radius 1 is 1.06 bits per heavy atom. The predicted octanol–water partition coefficient (Wildman–Crippen LogP) is 1.03. The van der Waals surface area contributed by atoms with Crippen molar-refractivity contribution in [3.05, 3.63) is 88.3 Å². The van der Waals surface area contributed by atoms with Gasteiger partial charge in [0.1, 0.15) is 38.5 Å². The molecule has 0 saturated carbocycles. The third-order valence-electron chi connectivity index (χ3n) is 5.97. The summed E-state index contributed by atoms with van der Waals surface area (Å²) >= 11 is 0. The highest BCUT2D eigenvalue weighted by atomic mass is 16.6. The molecule has 7 heteroatoms. The van der Waals surface area contributed by atoms with E-state index in [1.165, 1.54) is 37.8 Å². The maximum absolute atomic E-state index is 11.0. The van der Waals surface area contributed by atoms with Gasteiger partial charge in [0.15, 0.2) is 0 Å². The second-order valence-electron chi connectivity index (χ2n) is 8.11. The van der Waals surface area contributed by atoms with Gasteiger partial charge in [-0.2, -0.15) is 0 Å².